The molecular formula is C16H18N2O4. The van der Waals surface area contributed by atoms with Crippen molar-refractivity contribution in [2.45, 2.75) is 26.1 Å². The molecule has 2 aromatic rings. The highest BCUT2D eigenvalue weighted by Gasteiger charge is 2.15. The monoisotopic (exact) mass is 302 g/mol. The van der Waals surface area contributed by atoms with Crippen LogP contribution in [0.4, 0.5) is 0 Å². The van der Waals surface area contributed by atoms with Crippen LogP contribution < -0.4 is 5.56 Å². The number of rotatable bonds is 7. The molecule has 2 heterocycles. The maximum atomic E-state index is 11.9. The number of hydrogen-bond acceptors (Lipinski definition) is 5. The van der Waals surface area contributed by atoms with E-state index in [9.17, 15) is 9.59 Å². The number of aromatic nitrogens is 2. The standard InChI is InChI=1S/C16H18N2O4/c1-3-4-9-21-12(2)16(20)22-11-13-10-15(19)18-8-6-5-7-14(18)17-13/h3,5-8,10,12H,1,4,9,11H2,2H3. The summed E-state index contributed by atoms with van der Waals surface area (Å²) in [6, 6.07) is 6.60. The highest BCUT2D eigenvalue weighted by molar-refractivity contribution is 5.74. The van der Waals surface area contributed by atoms with Crippen LogP contribution in [0.3, 0.4) is 0 Å². The number of pyridine rings is 1. The van der Waals surface area contributed by atoms with Gasteiger partial charge in [0.25, 0.3) is 5.56 Å². The molecule has 0 amide bonds. The fraction of sp³-hybridized carbons (Fsp3) is 0.312. The second kappa shape index (κ2) is 7.51. The minimum absolute atomic E-state index is 0.0609. The first kappa shape index (κ1) is 15.9. The minimum Gasteiger partial charge on any atom is -0.457 e. The third-order valence-electron chi connectivity index (χ3n) is 3.01. The summed E-state index contributed by atoms with van der Waals surface area (Å²) in [6.07, 6.45) is 3.35. The highest BCUT2D eigenvalue weighted by Crippen LogP contribution is 2.03. The van der Waals surface area contributed by atoms with Crippen molar-refractivity contribution in [1.29, 1.82) is 0 Å². The largest absolute Gasteiger partial charge is 0.457 e. The molecule has 0 saturated heterocycles. The molecule has 0 bridgehead atoms. The van der Waals surface area contributed by atoms with Crippen LogP contribution in [0.15, 0.2) is 47.9 Å². The Morgan fingerprint density at radius 1 is 1.50 bits per heavy atom. The van der Waals surface area contributed by atoms with Gasteiger partial charge in [0.1, 0.15) is 12.3 Å². The SMILES string of the molecule is C=CCCOC(C)C(=O)OCc1cc(=O)n2ccccc2n1. The number of carbonyl (C=O) groups is 1. The van der Waals surface area contributed by atoms with Crippen LogP contribution in [0.1, 0.15) is 19.0 Å². The van der Waals surface area contributed by atoms with Crippen molar-refractivity contribution in [3.05, 3.63) is 59.2 Å². The van der Waals surface area contributed by atoms with Gasteiger partial charge >= 0.3 is 5.97 Å². The third-order valence-corrected chi connectivity index (χ3v) is 3.01. The zero-order valence-electron chi connectivity index (χ0n) is 12.4. The molecule has 116 valence electrons. The molecule has 22 heavy (non-hydrogen) atoms. The van der Waals surface area contributed by atoms with Crippen molar-refractivity contribution in [3.8, 4) is 0 Å². The molecule has 0 saturated carbocycles. The summed E-state index contributed by atoms with van der Waals surface area (Å²) in [5.41, 5.74) is 0.700. The molecule has 1 atom stereocenters. The quantitative estimate of drug-likeness (QED) is 0.442. The normalized spacial score (nSPS) is 12.0. The van der Waals surface area contributed by atoms with Crippen molar-refractivity contribution in [3.63, 3.8) is 0 Å². The van der Waals surface area contributed by atoms with E-state index in [0.29, 0.717) is 24.4 Å². The molecule has 0 aliphatic heterocycles. The van der Waals surface area contributed by atoms with Gasteiger partial charge in [0.2, 0.25) is 0 Å². The van der Waals surface area contributed by atoms with Crippen LogP contribution >= 0.6 is 0 Å². The summed E-state index contributed by atoms with van der Waals surface area (Å²) in [5, 5.41) is 0. The molecule has 1 unspecified atom stereocenters. The first-order valence-electron chi connectivity index (χ1n) is 6.98. The number of carbonyl (C=O) groups excluding carboxylic acids is 1. The van der Waals surface area contributed by atoms with Crippen molar-refractivity contribution >= 4 is 11.6 Å². The van der Waals surface area contributed by atoms with Gasteiger partial charge in [-0.2, -0.15) is 0 Å². The van der Waals surface area contributed by atoms with Crippen LogP contribution in [0.2, 0.25) is 0 Å². The van der Waals surface area contributed by atoms with E-state index in [-0.39, 0.29) is 12.2 Å². The van der Waals surface area contributed by atoms with E-state index in [2.05, 4.69) is 11.6 Å². The molecule has 6 heteroatoms. The Morgan fingerprint density at radius 2 is 2.32 bits per heavy atom. The van der Waals surface area contributed by atoms with Crippen molar-refractivity contribution in [2.24, 2.45) is 0 Å². The van der Waals surface area contributed by atoms with Crippen LogP contribution in [-0.4, -0.2) is 28.1 Å². The van der Waals surface area contributed by atoms with Gasteiger partial charge in [-0.05, 0) is 25.5 Å². The van der Waals surface area contributed by atoms with Gasteiger partial charge in [-0.1, -0.05) is 12.1 Å². The average Bonchev–Trinajstić information content (AvgIpc) is 2.52. The van der Waals surface area contributed by atoms with Crippen LogP contribution in [0.5, 0.6) is 0 Å². The van der Waals surface area contributed by atoms with Crippen molar-refractivity contribution in [2.75, 3.05) is 6.61 Å². The van der Waals surface area contributed by atoms with E-state index in [1.165, 1.54) is 10.5 Å². The second-order valence-corrected chi connectivity index (χ2v) is 4.71. The Bertz CT molecular complexity index is 723. The average molecular weight is 302 g/mol. The lowest BCUT2D eigenvalue weighted by Gasteiger charge is -2.12. The molecule has 0 radical (unpaired) electrons. The summed E-state index contributed by atoms with van der Waals surface area (Å²) >= 11 is 0. The maximum absolute atomic E-state index is 11.9. The van der Waals surface area contributed by atoms with E-state index >= 15 is 0 Å². The first-order valence-corrected chi connectivity index (χ1v) is 6.98. The Hall–Kier alpha value is -2.47. The minimum atomic E-state index is -0.665. The molecule has 0 fully saturated rings. The summed E-state index contributed by atoms with van der Waals surface area (Å²) in [5.74, 6) is -0.487. The lowest BCUT2D eigenvalue weighted by atomic mass is 10.3. The number of ether oxygens (including phenoxy) is 2. The summed E-state index contributed by atoms with van der Waals surface area (Å²) in [7, 11) is 0. The zero-order valence-corrected chi connectivity index (χ0v) is 12.4. The maximum Gasteiger partial charge on any atom is 0.335 e. The van der Waals surface area contributed by atoms with E-state index < -0.39 is 12.1 Å². The van der Waals surface area contributed by atoms with E-state index in [1.807, 2.05) is 0 Å². The third kappa shape index (κ3) is 4.02. The van der Waals surface area contributed by atoms with Crippen molar-refractivity contribution < 1.29 is 14.3 Å². The molecule has 6 nitrogen and oxygen atoms in total. The molecule has 0 spiro atoms. The highest BCUT2D eigenvalue weighted by atomic mass is 16.6. The van der Waals surface area contributed by atoms with Crippen LogP contribution in [0.25, 0.3) is 5.65 Å². The smallest absolute Gasteiger partial charge is 0.335 e. The summed E-state index contributed by atoms with van der Waals surface area (Å²) < 4.78 is 11.8. The molecule has 0 aromatic carbocycles. The van der Waals surface area contributed by atoms with Gasteiger partial charge in [0.15, 0.2) is 6.10 Å². The van der Waals surface area contributed by atoms with Crippen LogP contribution in [-0.2, 0) is 20.9 Å². The number of esters is 1. The Balaban J connectivity index is 1.98. The lowest BCUT2D eigenvalue weighted by molar-refractivity contribution is -0.157. The Kier molecular flexibility index (Phi) is 5.43. The van der Waals surface area contributed by atoms with E-state index in [4.69, 9.17) is 9.47 Å². The predicted octanol–water partition coefficient (Wildman–Crippen LogP) is 1.72. The molecule has 0 aliphatic rings. The Labute approximate surface area is 128 Å². The van der Waals surface area contributed by atoms with Gasteiger partial charge in [-0.25, -0.2) is 9.78 Å². The molecule has 2 rings (SSSR count). The molecule has 0 aliphatic carbocycles. The van der Waals surface area contributed by atoms with E-state index in [1.54, 1.807) is 37.4 Å². The Morgan fingerprint density at radius 3 is 3.09 bits per heavy atom. The van der Waals surface area contributed by atoms with Crippen LogP contribution in [0, 0.1) is 0 Å². The number of hydrogen-bond donors (Lipinski definition) is 0. The van der Waals surface area contributed by atoms with Crippen molar-refractivity contribution in [1.82, 2.24) is 9.38 Å². The van der Waals surface area contributed by atoms with Gasteiger partial charge in [0, 0.05) is 12.3 Å². The number of nitrogens with zero attached hydrogens (tertiary/aromatic N) is 2. The number of fused-ring (bicyclic) bond motifs is 1. The topological polar surface area (TPSA) is 69.9 Å². The fourth-order valence-corrected chi connectivity index (χ4v) is 1.84. The van der Waals surface area contributed by atoms with Gasteiger partial charge in [-0.3, -0.25) is 9.20 Å². The van der Waals surface area contributed by atoms with Gasteiger partial charge in [0.05, 0.1) is 12.3 Å². The van der Waals surface area contributed by atoms with E-state index in [0.717, 1.165) is 0 Å². The zero-order chi connectivity index (χ0) is 15.9. The lowest BCUT2D eigenvalue weighted by Crippen LogP contribution is -2.24. The molecule has 2 aromatic heterocycles. The first-order chi connectivity index (χ1) is 10.6. The predicted molar refractivity (Wildman–Crippen MR) is 81.5 cm³/mol. The molecule has 0 N–H and O–H groups in total. The molecular weight excluding hydrogens is 284 g/mol. The summed E-state index contributed by atoms with van der Waals surface area (Å²) in [6.45, 7) is 5.55. The summed E-state index contributed by atoms with van der Waals surface area (Å²) in [4.78, 5) is 28.0. The fourth-order valence-electron chi connectivity index (χ4n) is 1.84. The van der Waals surface area contributed by atoms with Gasteiger partial charge < -0.3 is 9.47 Å². The second-order valence-electron chi connectivity index (χ2n) is 4.71. The van der Waals surface area contributed by atoms with Gasteiger partial charge in [-0.15, -0.1) is 6.58 Å².